The van der Waals surface area contributed by atoms with Crippen molar-refractivity contribution in [1.82, 2.24) is 9.88 Å². The fourth-order valence-corrected chi connectivity index (χ4v) is 3.81. The van der Waals surface area contributed by atoms with Crippen molar-refractivity contribution in [2.75, 3.05) is 18.4 Å². The van der Waals surface area contributed by atoms with E-state index >= 15 is 0 Å². The molecule has 1 saturated heterocycles. The number of nitrogens with one attached hydrogen (secondary N) is 1. The molecule has 0 unspecified atom stereocenters. The Morgan fingerprint density at radius 2 is 1.69 bits per heavy atom. The summed E-state index contributed by atoms with van der Waals surface area (Å²) in [4.78, 5) is 18.5. The van der Waals surface area contributed by atoms with Crippen LogP contribution in [0, 0.1) is 5.92 Å². The van der Waals surface area contributed by atoms with E-state index in [4.69, 9.17) is 0 Å². The highest BCUT2D eigenvalue weighted by atomic mass is 19.4. The summed E-state index contributed by atoms with van der Waals surface area (Å²) < 4.78 is 38.6. The van der Waals surface area contributed by atoms with Crippen molar-refractivity contribution in [2.24, 2.45) is 5.92 Å². The van der Waals surface area contributed by atoms with Crippen LogP contribution < -0.4 is 5.32 Å². The van der Waals surface area contributed by atoms with Crippen LogP contribution in [0.2, 0.25) is 0 Å². The molecule has 1 fully saturated rings. The standard InChI is InChI=1S/C25H24F3N3O/c26-25(27,28)22-4-1-3-19(13-22)9-6-18-7-10-20(11-8-18)15-31-16-21(17-31)24(32)30-23-5-2-12-29-14-23/h1-5,7-8,10-14,21H,6,9,15-17H2,(H,30,32). The Morgan fingerprint density at radius 3 is 2.38 bits per heavy atom. The number of aryl methyl sites for hydroxylation is 2. The number of aromatic nitrogens is 1. The number of amides is 1. The minimum Gasteiger partial charge on any atom is -0.324 e. The zero-order valence-electron chi connectivity index (χ0n) is 17.5. The number of halogens is 3. The lowest BCUT2D eigenvalue weighted by molar-refractivity contribution is -0.137. The van der Waals surface area contributed by atoms with E-state index in [9.17, 15) is 18.0 Å². The van der Waals surface area contributed by atoms with E-state index in [0.717, 1.165) is 23.7 Å². The summed E-state index contributed by atoms with van der Waals surface area (Å²) in [5.74, 6) is -0.0128. The fourth-order valence-electron chi connectivity index (χ4n) is 3.81. The van der Waals surface area contributed by atoms with E-state index < -0.39 is 11.7 Å². The van der Waals surface area contributed by atoms with Gasteiger partial charge in [-0.05, 0) is 47.7 Å². The van der Waals surface area contributed by atoms with Gasteiger partial charge in [-0.15, -0.1) is 0 Å². The van der Waals surface area contributed by atoms with E-state index in [1.165, 1.54) is 12.1 Å². The monoisotopic (exact) mass is 439 g/mol. The van der Waals surface area contributed by atoms with Gasteiger partial charge in [-0.2, -0.15) is 13.2 Å². The molecule has 166 valence electrons. The Balaban J connectivity index is 1.22. The van der Waals surface area contributed by atoms with Crippen molar-refractivity contribution >= 4 is 11.6 Å². The minimum absolute atomic E-state index is 0.0131. The first-order valence-electron chi connectivity index (χ1n) is 10.5. The first kappa shape index (κ1) is 22.0. The molecule has 0 spiro atoms. The summed E-state index contributed by atoms with van der Waals surface area (Å²) >= 11 is 0. The van der Waals surface area contributed by atoms with Crippen LogP contribution in [0.3, 0.4) is 0 Å². The molecule has 32 heavy (non-hydrogen) atoms. The predicted octanol–water partition coefficient (Wildman–Crippen LogP) is 4.96. The Bertz CT molecular complexity index is 1050. The molecule has 0 bridgehead atoms. The van der Waals surface area contributed by atoms with Crippen LogP contribution in [0.15, 0.2) is 73.1 Å². The van der Waals surface area contributed by atoms with Gasteiger partial charge in [0, 0.05) is 25.8 Å². The average molecular weight is 439 g/mol. The molecule has 0 radical (unpaired) electrons. The van der Waals surface area contributed by atoms with E-state index in [2.05, 4.69) is 15.2 Å². The molecule has 2 aromatic carbocycles. The zero-order chi connectivity index (χ0) is 22.6. The van der Waals surface area contributed by atoms with Crippen molar-refractivity contribution in [3.63, 3.8) is 0 Å². The van der Waals surface area contributed by atoms with Gasteiger partial charge in [0.25, 0.3) is 0 Å². The highest BCUT2D eigenvalue weighted by Crippen LogP contribution is 2.29. The molecule has 0 atom stereocenters. The summed E-state index contributed by atoms with van der Waals surface area (Å²) in [6.45, 7) is 2.19. The summed E-state index contributed by atoms with van der Waals surface area (Å²) in [5, 5.41) is 2.88. The molecule has 4 rings (SSSR count). The zero-order valence-corrected chi connectivity index (χ0v) is 17.5. The number of hydrogen-bond acceptors (Lipinski definition) is 3. The molecule has 0 saturated carbocycles. The van der Waals surface area contributed by atoms with Gasteiger partial charge >= 0.3 is 6.18 Å². The lowest BCUT2D eigenvalue weighted by Gasteiger charge is -2.38. The van der Waals surface area contributed by atoms with Crippen molar-refractivity contribution in [3.05, 3.63) is 95.3 Å². The number of anilines is 1. The minimum atomic E-state index is -4.31. The topological polar surface area (TPSA) is 45.2 Å². The molecule has 3 aromatic rings. The fraction of sp³-hybridized carbons (Fsp3) is 0.280. The van der Waals surface area contributed by atoms with Gasteiger partial charge in [0.1, 0.15) is 0 Å². The van der Waals surface area contributed by atoms with Crippen molar-refractivity contribution in [2.45, 2.75) is 25.6 Å². The number of nitrogens with zero attached hydrogens (tertiary/aromatic N) is 2. The summed E-state index contributed by atoms with van der Waals surface area (Å²) in [7, 11) is 0. The largest absolute Gasteiger partial charge is 0.416 e. The predicted molar refractivity (Wildman–Crippen MR) is 117 cm³/mol. The van der Waals surface area contributed by atoms with Gasteiger partial charge in [-0.1, -0.05) is 42.5 Å². The highest BCUT2D eigenvalue weighted by molar-refractivity contribution is 5.93. The molecular formula is C25H24F3N3O. The second-order valence-electron chi connectivity index (χ2n) is 8.14. The van der Waals surface area contributed by atoms with E-state index in [0.29, 0.717) is 37.2 Å². The Morgan fingerprint density at radius 1 is 0.969 bits per heavy atom. The first-order valence-corrected chi connectivity index (χ1v) is 10.5. The molecule has 1 aromatic heterocycles. The Labute approximate surface area is 185 Å². The molecule has 1 N–H and O–H groups in total. The number of carbonyl (C=O) groups is 1. The summed E-state index contributed by atoms with van der Waals surface area (Å²) in [5.41, 5.74) is 3.02. The lowest BCUT2D eigenvalue weighted by Crippen LogP contribution is -2.51. The quantitative estimate of drug-likeness (QED) is 0.566. The van der Waals surface area contributed by atoms with Crippen molar-refractivity contribution in [1.29, 1.82) is 0 Å². The van der Waals surface area contributed by atoms with Crippen LogP contribution in [0.25, 0.3) is 0 Å². The van der Waals surface area contributed by atoms with Gasteiger partial charge in [-0.3, -0.25) is 14.7 Å². The highest BCUT2D eigenvalue weighted by Gasteiger charge is 2.32. The van der Waals surface area contributed by atoms with Crippen LogP contribution in [0.1, 0.15) is 22.3 Å². The third-order valence-electron chi connectivity index (χ3n) is 5.64. The van der Waals surface area contributed by atoms with Crippen molar-refractivity contribution in [3.8, 4) is 0 Å². The lowest BCUT2D eigenvalue weighted by atomic mass is 9.97. The van der Waals surface area contributed by atoms with Gasteiger partial charge in [0.2, 0.25) is 5.91 Å². The molecule has 4 nitrogen and oxygen atoms in total. The third kappa shape index (κ3) is 5.73. The van der Waals surface area contributed by atoms with Gasteiger partial charge < -0.3 is 5.32 Å². The SMILES string of the molecule is O=C(Nc1cccnc1)C1CN(Cc2ccc(CCc3cccc(C(F)(F)F)c3)cc2)C1. The van der Waals surface area contributed by atoms with Crippen molar-refractivity contribution < 1.29 is 18.0 Å². The van der Waals surface area contributed by atoms with E-state index in [1.807, 2.05) is 30.3 Å². The normalized spacial score (nSPS) is 14.7. The van der Waals surface area contributed by atoms with Gasteiger partial charge in [0.15, 0.2) is 0 Å². The Kier molecular flexibility index (Phi) is 6.55. The number of hydrogen-bond donors (Lipinski definition) is 1. The maximum atomic E-state index is 12.9. The number of benzene rings is 2. The van der Waals surface area contributed by atoms with Crippen LogP contribution in [0.4, 0.5) is 18.9 Å². The maximum Gasteiger partial charge on any atom is 0.416 e. The number of likely N-dealkylation sites (tertiary alicyclic amines) is 1. The summed E-state index contributed by atoms with van der Waals surface area (Å²) in [6.07, 6.45) is 0.220. The van der Waals surface area contributed by atoms with Crippen LogP contribution >= 0.6 is 0 Å². The molecule has 1 amide bonds. The smallest absolute Gasteiger partial charge is 0.324 e. The number of carbonyl (C=O) groups excluding carboxylic acids is 1. The van der Waals surface area contributed by atoms with Gasteiger partial charge in [-0.25, -0.2) is 0 Å². The molecule has 2 heterocycles. The van der Waals surface area contributed by atoms with Crippen LogP contribution in [-0.4, -0.2) is 28.9 Å². The Hall–Kier alpha value is -3.19. The summed E-state index contributed by atoms with van der Waals surface area (Å²) in [6, 6.07) is 17.2. The second-order valence-corrected chi connectivity index (χ2v) is 8.14. The number of rotatable bonds is 7. The molecular weight excluding hydrogens is 415 g/mol. The maximum absolute atomic E-state index is 12.9. The van der Waals surface area contributed by atoms with E-state index in [-0.39, 0.29) is 11.8 Å². The molecule has 1 aliphatic heterocycles. The van der Waals surface area contributed by atoms with E-state index in [1.54, 1.807) is 24.5 Å². The first-order chi connectivity index (χ1) is 15.4. The number of alkyl halides is 3. The molecule has 1 aliphatic rings. The second kappa shape index (κ2) is 9.53. The average Bonchev–Trinajstić information content (AvgIpc) is 2.75. The van der Waals surface area contributed by atoms with Crippen LogP contribution in [0.5, 0.6) is 0 Å². The van der Waals surface area contributed by atoms with Crippen LogP contribution in [-0.2, 0) is 30.4 Å². The molecule has 0 aliphatic carbocycles. The van der Waals surface area contributed by atoms with Gasteiger partial charge in [0.05, 0.1) is 23.4 Å². The number of pyridine rings is 1. The third-order valence-corrected chi connectivity index (χ3v) is 5.64. The molecule has 7 heteroatoms.